The van der Waals surface area contributed by atoms with Crippen LogP contribution in [0.4, 0.5) is 0 Å². The molecule has 2 fully saturated rings. The first-order chi connectivity index (χ1) is 13.6. The second-order valence-corrected chi connectivity index (χ2v) is 8.87. The molecular weight excluding hydrogens is 477 g/mol. The van der Waals surface area contributed by atoms with Gasteiger partial charge >= 0.3 is 0 Å². The van der Waals surface area contributed by atoms with Gasteiger partial charge in [-0.15, -0.1) is 34.2 Å². The molecule has 0 unspecified atom stereocenters. The highest BCUT2D eigenvalue weighted by atomic mass is 127. The lowest BCUT2D eigenvalue weighted by molar-refractivity contribution is 0.102. The van der Waals surface area contributed by atoms with E-state index >= 15 is 0 Å². The summed E-state index contributed by atoms with van der Waals surface area (Å²) in [5.41, 5.74) is 0.106. The molecule has 2 heterocycles. The van der Waals surface area contributed by atoms with Gasteiger partial charge in [-0.25, -0.2) is 0 Å². The molecule has 1 saturated heterocycles. The van der Waals surface area contributed by atoms with Crippen molar-refractivity contribution in [1.82, 2.24) is 30.3 Å². The van der Waals surface area contributed by atoms with Crippen LogP contribution in [0, 0.1) is 0 Å². The second-order valence-electron chi connectivity index (χ2n) is 8.87. The van der Waals surface area contributed by atoms with Crippen LogP contribution in [-0.4, -0.2) is 63.4 Å². The molecule has 0 radical (unpaired) electrons. The van der Waals surface area contributed by atoms with Crippen LogP contribution in [0.25, 0.3) is 0 Å². The summed E-state index contributed by atoms with van der Waals surface area (Å²) in [6.45, 7) is 11.7. The molecule has 1 aromatic heterocycles. The molecule has 29 heavy (non-hydrogen) atoms. The van der Waals surface area contributed by atoms with Gasteiger partial charge in [-0.2, -0.15) is 0 Å². The molecule has 0 bridgehead atoms. The lowest BCUT2D eigenvalue weighted by atomic mass is 9.99. The molecule has 0 spiro atoms. The largest absolute Gasteiger partial charge is 0.355 e. The summed E-state index contributed by atoms with van der Waals surface area (Å²) in [4.78, 5) is 7.62. The monoisotopic (exact) mass is 517 g/mol. The van der Waals surface area contributed by atoms with Gasteiger partial charge < -0.3 is 15.2 Å². The summed E-state index contributed by atoms with van der Waals surface area (Å²) in [5.74, 6) is 2.00. The van der Waals surface area contributed by atoms with E-state index in [1.54, 1.807) is 0 Å². The lowest BCUT2D eigenvalue weighted by Crippen LogP contribution is -2.50. The topological polar surface area (TPSA) is 70.4 Å². The van der Waals surface area contributed by atoms with E-state index in [1.807, 2.05) is 6.33 Å². The number of likely N-dealkylation sites (tertiary alicyclic amines) is 1. The van der Waals surface area contributed by atoms with E-state index in [0.29, 0.717) is 6.04 Å². The molecule has 2 aliphatic rings. The van der Waals surface area contributed by atoms with Crippen molar-refractivity contribution in [3.05, 3.63) is 12.2 Å². The highest BCUT2D eigenvalue weighted by Gasteiger charge is 2.28. The van der Waals surface area contributed by atoms with Gasteiger partial charge in [-0.1, -0.05) is 26.2 Å². The van der Waals surface area contributed by atoms with Gasteiger partial charge in [-0.05, 0) is 52.6 Å². The fourth-order valence-electron chi connectivity index (χ4n) is 4.32. The molecule has 0 amide bonds. The molecule has 7 nitrogen and oxygen atoms in total. The van der Waals surface area contributed by atoms with Crippen molar-refractivity contribution in [2.45, 2.75) is 90.3 Å². The van der Waals surface area contributed by atoms with E-state index in [1.165, 1.54) is 58.0 Å². The Kier molecular flexibility index (Phi) is 10.1. The Morgan fingerprint density at radius 2 is 1.90 bits per heavy atom. The fourth-order valence-corrected chi connectivity index (χ4v) is 4.32. The summed E-state index contributed by atoms with van der Waals surface area (Å²) >= 11 is 0. The van der Waals surface area contributed by atoms with Crippen LogP contribution in [0.15, 0.2) is 11.3 Å². The van der Waals surface area contributed by atoms with Gasteiger partial charge in [0.25, 0.3) is 0 Å². The number of guanidine groups is 1. The first kappa shape index (κ1) is 24.4. The van der Waals surface area contributed by atoms with Gasteiger partial charge in [0, 0.05) is 31.1 Å². The maximum absolute atomic E-state index is 5.01. The zero-order valence-electron chi connectivity index (χ0n) is 18.5. The molecule has 2 N–H and O–H groups in total. The maximum Gasteiger partial charge on any atom is 0.191 e. The van der Waals surface area contributed by atoms with Crippen LogP contribution < -0.4 is 10.6 Å². The number of hydrogen-bond donors (Lipinski definition) is 2. The third-order valence-electron chi connectivity index (χ3n) is 6.19. The smallest absolute Gasteiger partial charge is 0.191 e. The molecule has 8 heteroatoms. The number of aryl methyl sites for hydroxylation is 1. The van der Waals surface area contributed by atoms with Crippen molar-refractivity contribution in [2.75, 3.05) is 26.2 Å². The minimum atomic E-state index is 0. The van der Waals surface area contributed by atoms with E-state index in [-0.39, 0.29) is 29.5 Å². The van der Waals surface area contributed by atoms with E-state index < -0.39 is 0 Å². The van der Waals surface area contributed by atoms with Crippen molar-refractivity contribution >= 4 is 29.9 Å². The van der Waals surface area contributed by atoms with Crippen molar-refractivity contribution < 1.29 is 0 Å². The molecule has 0 aromatic carbocycles. The Hall–Kier alpha value is -0.900. The van der Waals surface area contributed by atoms with Gasteiger partial charge in [0.1, 0.15) is 12.2 Å². The van der Waals surface area contributed by atoms with Crippen LogP contribution in [0.1, 0.15) is 71.5 Å². The van der Waals surface area contributed by atoms with Crippen molar-refractivity contribution in [2.24, 2.45) is 4.99 Å². The van der Waals surface area contributed by atoms with Crippen LogP contribution in [0.5, 0.6) is 0 Å². The molecule has 1 aliphatic carbocycles. The van der Waals surface area contributed by atoms with Crippen LogP contribution in [-0.2, 0) is 13.0 Å². The number of nitrogens with zero attached hydrogens (tertiary/aromatic N) is 5. The summed E-state index contributed by atoms with van der Waals surface area (Å²) in [5, 5.41) is 15.4. The van der Waals surface area contributed by atoms with Crippen molar-refractivity contribution in [1.29, 1.82) is 0 Å². The molecule has 1 aliphatic heterocycles. The van der Waals surface area contributed by atoms with E-state index in [2.05, 4.69) is 51.1 Å². The molecular formula is C21H40IN7. The quantitative estimate of drug-likeness (QED) is 0.315. The third-order valence-corrected chi connectivity index (χ3v) is 6.19. The summed E-state index contributed by atoms with van der Waals surface area (Å²) in [6.07, 6.45) is 11.9. The number of nitrogens with one attached hydrogen (secondary N) is 2. The standard InChI is InChI=1S/C21H39N7.HI/c1-4-19-26-24-17-27(19)15-12-22-20(25-18-10-6-7-11-18)23-16-21(2,3)28-13-8-5-9-14-28;/h17-18H,4-16H2,1-3H3,(H2,22,23,25);1H. The Balaban J connectivity index is 0.00000300. The minimum absolute atomic E-state index is 0. The number of rotatable bonds is 8. The number of aromatic nitrogens is 3. The van der Waals surface area contributed by atoms with Crippen molar-refractivity contribution in [3.8, 4) is 0 Å². The lowest BCUT2D eigenvalue weighted by Gasteiger charge is -2.40. The first-order valence-corrected chi connectivity index (χ1v) is 11.2. The number of hydrogen-bond acceptors (Lipinski definition) is 4. The Morgan fingerprint density at radius 1 is 1.17 bits per heavy atom. The van der Waals surface area contributed by atoms with E-state index in [9.17, 15) is 0 Å². The fraction of sp³-hybridized carbons (Fsp3) is 0.857. The van der Waals surface area contributed by atoms with E-state index in [0.717, 1.165) is 37.8 Å². The van der Waals surface area contributed by atoms with Crippen molar-refractivity contribution in [3.63, 3.8) is 0 Å². The molecule has 1 aromatic rings. The zero-order chi connectivity index (χ0) is 19.8. The Bertz CT molecular complexity index is 616. The average molecular weight is 518 g/mol. The Labute approximate surface area is 193 Å². The number of piperidine rings is 1. The SMILES string of the molecule is CCc1nncn1CCNC(=NCC(C)(C)N1CCCCC1)NC1CCCC1.I. The summed E-state index contributed by atoms with van der Waals surface area (Å²) in [6, 6.07) is 0.561. The minimum Gasteiger partial charge on any atom is -0.355 e. The number of aliphatic imine (C=N–C) groups is 1. The van der Waals surface area contributed by atoms with Gasteiger partial charge in [0.15, 0.2) is 5.96 Å². The highest BCUT2D eigenvalue weighted by Crippen LogP contribution is 2.21. The normalized spacial score (nSPS) is 19.2. The van der Waals surface area contributed by atoms with Crippen LogP contribution >= 0.6 is 24.0 Å². The van der Waals surface area contributed by atoms with Crippen LogP contribution in [0.2, 0.25) is 0 Å². The second kappa shape index (κ2) is 12.1. The number of halogens is 1. The molecule has 3 rings (SSSR count). The van der Waals surface area contributed by atoms with Gasteiger partial charge in [-0.3, -0.25) is 9.89 Å². The maximum atomic E-state index is 5.01. The summed E-state index contributed by atoms with van der Waals surface area (Å²) < 4.78 is 2.12. The average Bonchev–Trinajstić information content (AvgIpc) is 3.38. The molecule has 166 valence electrons. The zero-order valence-corrected chi connectivity index (χ0v) is 20.8. The van der Waals surface area contributed by atoms with E-state index in [4.69, 9.17) is 4.99 Å². The van der Waals surface area contributed by atoms with Gasteiger partial charge in [0.05, 0.1) is 6.54 Å². The first-order valence-electron chi connectivity index (χ1n) is 11.2. The predicted molar refractivity (Wildman–Crippen MR) is 130 cm³/mol. The Morgan fingerprint density at radius 3 is 2.59 bits per heavy atom. The highest BCUT2D eigenvalue weighted by molar-refractivity contribution is 14.0. The molecule has 1 saturated carbocycles. The third kappa shape index (κ3) is 7.38. The molecule has 0 atom stereocenters. The van der Waals surface area contributed by atoms with Gasteiger partial charge in [0.2, 0.25) is 0 Å². The predicted octanol–water partition coefficient (Wildman–Crippen LogP) is 3.20. The van der Waals surface area contributed by atoms with Crippen LogP contribution in [0.3, 0.4) is 0 Å². The summed E-state index contributed by atoms with van der Waals surface area (Å²) in [7, 11) is 0.